The van der Waals surface area contributed by atoms with Gasteiger partial charge in [-0.15, -0.1) is 0 Å². The lowest BCUT2D eigenvalue weighted by atomic mass is 9.77. The van der Waals surface area contributed by atoms with Crippen LogP contribution in [0.3, 0.4) is 0 Å². The van der Waals surface area contributed by atoms with Gasteiger partial charge in [0, 0.05) is 17.8 Å². The lowest BCUT2D eigenvalue weighted by Gasteiger charge is -2.49. The molecule has 0 saturated carbocycles. The molecule has 18 heavy (non-hydrogen) atoms. The minimum absolute atomic E-state index is 0.0470. The number of halogens is 1. The molecule has 1 unspecified atom stereocenters. The Labute approximate surface area is 109 Å². The third kappa shape index (κ3) is 2.51. The van der Waals surface area contributed by atoms with Gasteiger partial charge < -0.3 is 10.6 Å². The van der Waals surface area contributed by atoms with Crippen molar-refractivity contribution >= 4 is 5.69 Å². The molecule has 1 fully saturated rings. The maximum Gasteiger partial charge on any atom is 0.125 e. The molecule has 0 radical (unpaired) electrons. The predicted molar refractivity (Wildman–Crippen MR) is 74.2 cm³/mol. The molecule has 1 heterocycles. The van der Waals surface area contributed by atoms with Crippen LogP contribution in [0.15, 0.2) is 24.3 Å². The number of nitrogens with zero attached hydrogens (tertiary/aromatic N) is 1. The van der Waals surface area contributed by atoms with E-state index in [1.165, 1.54) is 12.5 Å². The van der Waals surface area contributed by atoms with E-state index >= 15 is 0 Å². The molecule has 3 heteroatoms. The lowest BCUT2D eigenvalue weighted by Crippen LogP contribution is -2.54. The molecule has 100 valence electrons. The summed E-state index contributed by atoms with van der Waals surface area (Å²) in [6, 6.07) is 6.91. The molecule has 1 atom stereocenters. The zero-order chi connectivity index (χ0) is 13.2. The minimum Gasteiger partial charge on any atom is -0.366 e. The Morgan fingerprint density at radius 2 is 2.22 bits per heavy atom. The molecule has 1 aliphatic heterocycles. The van der Waals surface area contributed by atoms with E-state index in [9.17, 15) is 4.39 Å². The second-order valence-electron chi connectivity index (χ2n) is 5.70. The average molecular weight is 250 g/mol. The molecule has 0 aromatic heterocycles. The van der Waals surface area contributed by atoms with Crippen molar-refractivity contribution in [3.63, 3.8) is 0 Å². The standard InChI is InChI=1S/C15H23FN2/c1-15(2)12(8-9-17)5-4-10-18(15)14-7-3-6-13(16)11-14/h3,6-7,11-12H,4-5,8-10,17H2,1-2H3. The molecule has 0 aliphatic carbocycles. The first-order chi connectivity index (χ1) is 8.55. The molecule has 2 rings (SSSR count). The summed E-state index contributed by atoms with van der Waals surface area (Å²) in [6.07, 6.45) is 3.42. The quantitative estimate of drug-likeness (QED) is 0.892. The molecular formula is C15H23FN2. The molecule has 1 aromatic rings. The van der Waals surface area contributed by atoms with Crippen LogP contribution in [0.4, 0.5) is 10.1 Å². The molecule has 2 N–H and O–H groups in total. The van der Waals surface area contributed by atoms with Crippen LogP contribution in [0, 0.1) is 11.7 Å². The van der Waals surface area contributed by atoms with Gasteiger partial charge in [0.25, 0.3) is 0 Å². The highest BCUT2D eigenvalue weighted by Gasteiger charge is 2.37. The van der Waals surface area contributed by atoms with Gasteiger partial charge in [0.1, 0.15) is 5.82 Å². The molecule has 0 bridgehead atoms. The molecule has 0 spiro atoms. The molecular weight excluding hydrogens is 227 g/mol. The second-order valence-corrected chi connectivity index (χ2v) is 5.70. The molecule has 0 amide bonds. The molecule has 1 aromatic carbocycles. The van der Waals surface area contributed by atoms with E-state index < -0.39 is 0 Å². The highest BCUT2D eigenvalue weighted by molar-refractivity contribution is 5.49. The van der Waals surface area contributed by atoms with Crippen LogP contribution in [0.2, 0.25) is 0 Å². The van der Waals surface area contributed by atoms with Crippen molar-refractivity contribution in [2.45, 2.75) is 38.6 Å². The number of anilines is 1. The zero-order valence-corrected chi connectivity index (χ0v) is 11.3. The molecule has 1 aliphatic rings. The van der Waals surface area contributed by atoms with Crippen LogP contribution in [-0.4, -0.2) is 18.6 Å². The van der Waals surface area contributed by atoms with E-state index in [1.807, 2.05) is 6.07 Å². The van der Waals surface area contributed by atoms with Crippen LogP contribution in [0.1, 0.15) is 33.1 Å². The monoisotopic (exact) mass is 250 g/mol. The Hall–Kier alpha value is -1.09. The SMILES string of the molecule is CC1(C)C(CCN)CCCN1c1cccc(F)c1. The second kappa shape index (κ2) is 5.27. The highest BCUT2D eigenvalue weighted by atomic mass is 19.1. The van der Waals surface area contributed by atoms with Crippen LogP contribution >= 0.6 is 0 Å². The number of hydrogen-bond donors (Lipinski definition) is 1. The number of hydrogen-bond acceptors (Lipinski definition) is 2. The summed E-state index contributed by atoms with van der Waals surface area (Å²) in [5.41, 5.74) is 6.74. The van der Waals surface area contributed by atoms with Crippen molar-refractivity contribution in [1.82, 2.24) is 0 Å². The van der Waals surface area contributed by atoms with Gasteiger partial charge in [0.15, 0.2) is 0 Å². The van der Waals surface area contributed by atoms with Gasteiger partial charge in [-0.3, -0.25) is 0 Å². The smallest absolute Gasteiger partial charge is 0.125 e. The van der Waals surface area contributed by atoms with E-state index in [0.717, 1.165) is 31.6 Å². The van der Waals surface area contributed by atoms with Crippen molar-refractivity contribution in [1.29, 1.82) is 0 Å². The predicted octanol–water partition coefficient (Wildman–Crippen LogP) is 3.17. The summed E-state index contributed by atoms with van der Waals surface area (Å²) in [4.78, 5) is 2.33. The number of benzene rings is 1. The summed E-state index contributed by atoms with van der Waals surface area (Å²) < 4.78 is 13.4. The van der Waals surface area contributed by atoms with Crippen molar-refractivity contribution in [2.75, 3.05) is 18.0 Å². The molecule has 1 saturated heterocycles. The first kappa shape index (κ1) is 13.3. The fourth-order valence-electron chi connectivity index (χ4n) is 3.16. The highest BCUT2D eigenvalue weighted by Crippen LogP contribution is 2.38. The summed E-state index contributed by atoms with van der Waals surface area (Å²) >= 11 is 0. The number of piperidine rings is 1. The van der Waals surface area contributed by atoms with Gasteiger partial charge in [0.2, 0.25) is 0 Å². The van der Waals surface area contributed by atoms with Crippen molar-refractivity contribution in [3.8, 4) is 0 Å². The number of rotatable bonds is 3. The van der Waals surface area contributed by atoms with E-state index in [1.54, 1.807) is 12.1 Å². The minimum atomic E-state index is -0.163. The van der Waals surface area contributed by atoms with E-state index in [4.69, 9.17) is 5.73 Å². The summed E-state index contributed by atoms with van der Waals surface area (Å²) in [7, 11) is 0. The summed E-state index contributed by atoms with van der Waals surface area (Å²) in [5, 5.41) is 0. The maximum absolute atomic E-state index is 13.4. The van der Waals surface area contributed by atoms with Gasteiger partial charge in [-0.25, -0.2) is 4.39 Å². The molecule has 2 nitrogen and oxygen atoms in total. The van der Waals surface area contributed by atoms with Crippen LogP contribution in [0.5, 0.6) is 0 Å². The third-order valence-electron chi connectivity index (χ3n) is 4.26. The van der Waals surface area contributed by atoms with Crippen LogP contribution in [-0.2, 0) is 0 Å². The normalized spacial score (nSPS) is 23.1. The maximum atomic E-state index is 13.4. The van der Waals surface area contributed by atoms with Crippen molar-refractivity contribution in [2.24, 2.45) is 11.7 Å². The summed E-state index contributed by atoms with van der Waals surface area (Å²) in [6.45, 7) is 6.22. The topological polar surface area (TPSA) is 29.3 Å². The number of nitrogens with two attached hydrogens (primary N) is 1. The van der Waals surface area contributed by atoms with Gasteiger partial charge in [-0.1, -0.05) is 6.07 Å². The first-order valence-electron chi connectivity index (χ1n) is 6.79. The van der Waals surface area contributed by atoms with E-state index in [-0.39, 0.29) is 11.4 Å². The average Bonchev–Trinajstić information content (AvgIpc) is 2.31. The van der Waals surface area contributed by atoms with Gasteiger partial charge in [-0.05, 0) is 63.8 Å². The summed E-state index contributed by atoms with van der Waals surface area (Å²) in [5.74, 6) is 0.420. The van der Waals surface area contributed by atoms with Crippen LogP contribution < -0.4 is 10.6 Å². The van der Waals surface area contributed by atoms with E-state index in [2.05, 4.69) is 18.7 Å². The Bertz CT molecular complexity index is 401. The fourth-order valence-corrected chi connectivity index (χ4v) is 3.16. The van der Waals surface area contributed by atoms with Crippen LogP contribution in [0.25, 0.3) is 0 Å². The van der Waals surface area contributed by atoms with E-state index in [0.29, 0.717) is 5.92 Å². The third-order valence-corrected chi connectivity index (χ3v) is 4.26. The largest absolute Gasteiger partial charge is 0.366 e. The Morgan fingerprint density at radius 3 is 2.89 bits per heavy atom. The van der Waals surface area contributed by atoms with Crippen molar-refractivity contribution < 1.29 is 4.39 Å². The van der Waals surface area contributed by atoms with Gasteiger partial charge in [0.05, 0.1) is 0 Å². The Kier molecular flexibility index (Phi) is 3.91. The van der Waals surface area contributed by atoms with Crippen molar-refractivity contribution in [3.05, 3.63) is 30.1 Å². The fraction of sp³-hybridized carbons (Fsp3) is 0.600. The first-order valence-corrected chi connectivity index (χ1v) is 6.79. The van der Waals surface area contributed by atoms with Gasteiger partial charge >= 0.3 is 0 Å². The Morgan fingerprint density at radius 1 is 1.44 bits per heavy atom. The lowest BCUT2D eigenvalue weighted by molar-refractivity contribution is 0.227. The zero-order valence-electron chi connectivity index (χ0n) is 11.3. The van der Waals surface area contributed by atoms with Gasteiger partial charge in [-0.2, -0.15) is 0 Å². The Balaban J connectivity index is 2.26.